The van der Waals surface area contributed by atoms with Crippen LogP contribution in [0.15, 0.2) is 154 Å². The SMILES string of the molecule is CC.CC.CC.CC.CC.CC.CC.CC.CC.CC.Cc1ccccc1-c1n(C)cc[n+]1C.Cc1ccncc1-c1n(C)cc[n+]1C.Cc1cnccc1-c1n(C)cc[n+]1C.Cc1ncccc1-c1n(C)cc[n+]1C.Cc1ncncc1-c1n(C)cc[n+]1C. The maximum atomic E-state index is 4.29. The van der Waals surface area contributed by atoms with Crippen LogP contribution in [0.2, 0.25) is 0 Å². The molecule has 500 valence electrons. The van der Waals surface area contributed by atoms with E-state index in [9.17, 15) is 0 Å². The molecule has 15 nitrogen and oxygen atoms in total. The van der Waals surface area contributed by atoms with Crippen LogP contribution in [0.3, 0.4) is 0 Å². The molecule has 0 aliphatic carbocycles. The summed E-state index contributed by atoms with van der Waals surface area (Å²) < 4.78 is 21.0. The summed E-state index contributed by atoms with van der Waals surface area (Å²) in [5.74, 6) is 5.90. The summed E-state index contributed by atoms with van der Waals surface area (Å²) in [6, 6.07) is 16.6. The third-order valence-electron chi connectivity index (χ3n) is 12.2. The van der Waals surface area contributed by atoms with Crippen molar-refractivity contribution in [2.45, 2.75) is 173 Å². The van der Waals surface area contributed by atoms with E-state index >= 15 is 0 Å². The van der Waals surface area contributed by atoms with Gasteiger partial charge in [-0.1, -0.05) is 157 Å². The van der Waals surface area contributed by atoms with Crippen molar-refractivity contribution in [1.29, 1.82) is 0 Å². The Morgan fingerprint density at radius 3 is 0.922 bits per heavy atom. The van der Waals surface area contributed by atoms with Gasteiger partial charge in [-0.15, -0.1) is 0 Å². The standard InChI is InChI=1S/C12H15N2.3C11H14N3.C10H13N4.10C2H6/c1-10-6-4-5-7-11(10)12-13(2)8-9-14(12)3;1-9-8-12-5-4-10(9)11-13(2)6-7-14(11)3;1-9-4-5-12-8-10(9)11-13(2)6-7-14(11)3;1-9-10(5-4-6-12-9)11-13(2)7-8-14(11)3;1-8-9(6-11-7-12-8)10-13(2)4-5-14(10)3;10*1-2/h4-9H,1-3H3;3*4-8H,1-3H3;4-7H,1-3H3;10*1-2H3/q5*+1;;;;;;;;;;. The number of pyridine rings is 3. The first-order valence-electron chi connectivity index (χ1n) is 33.1. The Morgan fingerprint density at radius 1 is 0.278 bits per heavy atom. The van der Waals surface area contributed by atoms with Gasteiger partial charge in [-0.05, 0) is 81.6 Å². The minimum atomic E-state index is 0.998. The second kappa shape index (κ2) is 54.9. The van der Waals surface area contributed by atoms with Crippen LogP contribution in [-0.2, 0) is 70.5 Å². The van der Waals surface area contributed by atoms with Gasteiger partial charge in [-0.2, -0.15) is 0 Å². The number of aryl methyl sites for hydroxylation is 15. The van der Waals surface area contributed by atoms with Gasteiger partial charge in [0.05, 0.1) is 104 Å². The van der Waals surface area contributed by atoms with Crippen LogP contribution >= 0.6 is 0 Å². The summed E-state index contributed by atoms with van der Waals surface area (Å²) in [6.45, 7) is 50.3. The van der Waals surface area contributed by atoms with E-state index < -0.39 is 0 Å². The highest BCUT2D eigenvalue weighted by Crippen LogP contribution is 2.21. The van der Waals surface area contributed by atoms with Gasteiger partial charge in [0.2, 0.25) is 0 Å². The van der Waals surface area contributed by atoms with E-state index in [1.807, 2.05) is 287 Å². The lowest BCUT2D eigenvalue weighted by Crippen LogP contribution is -2.29. The van der Waals surface area contributed by atoms with Gasteiger partial charge in [0, 0.05) is 37.2 Å². The molecule has 10 rings (SSSR count). The van der Waals surface area contributed by atoms with Crippen LogP contribution < -0.4 is 22.8 Å². The highest BCUT2D eigenvalue weighted by Gasteiger charge is 2.20. The molecule has 0 atom stereocenters. The lowest BCUT2D eigenvalue weighted by atomic mass is 10.1. The van der Waals surface area contributed by atoms with Gasteiger partial charge in [0.1, 0.15) is 73.9 Å². The molecule has 9 aromatic heterocycles. The zero-order valence-corrected chi connectivity index (χ0v) is 63.6. The number of nitrogens with zero attached hydrogens (tertiary/aromatic N) is 15. The molecule has 0 saturated carbocycles. The van der Waals surface area contributed by atoms with Crippen molar-refractivity contribution in [2.75, 3.05) is 0 Å². The largest absolute Gasteiger partial charge is 0.291 e. The van der Waals surface area contributed by atoms with Crippen molar-refractivity contribution in [2.24, 2.45) is 70.5 Å². The number of aromatic nitrogens is 15. The smallest absolute Gasteiger partial charge is 0.264 e. The van der Waals surface area contributed by atoms with E-state index in [1.54, 1.807) is 6.33 Å². The summed E-state index contributed by atoms with van der Waals surface area (Å²) in [5.41, 5.74) is 11.8. The van der Waals surface area contributed by atoms with Gasteiger partial charge in [-0.3, -0.25) is 15.0 Å². The van der Waals surface area contributed by atoms with Crippen molar-refractivity contribution in [3.05, 3.63) is 182 Å². The zero-order valence-electron chi connectivity index (χ0n) is 63.6. The van der Waals surface area contributed by atoms with Gasteiger partial charge in [0.25, 0.3) is 29.1 Å². The summed E-state index contributed by atoms with van der Waals surface area (Å²) in [7, 11) is 20.4. The topological polar surface area (TPSA) is 108 Å². The monoisotopic (exact) mass is 1240 g/mol. The van der Waals surface area contributed by atoms with Crippen LogP contribution in [0.25, 0.3) is 56.9 Å². The molecule has 1 aromatic carbocycles. The molecule has 0 amide bonds. The summed E-state index contributed by atoms with van der Waals surface area (Å²) in [6.07, 6.45) is 33.1. The highest BCUT2D eigenvalue weighted by atomic mass is 15.1. The number of hydrogen-bond acceptors (Lipinski definition) is 5. The Balaban J connectivity index is -0.000000312. The van der Waals surface area contributed by atoms with Crippen molar-refractivity contribution in [3.8, 4) is 56.9 Å². The minimum Gasteiger partial charge on any atom is -0.264 e. The van der Waals surface area contributed by atoms with Crippen LogP contribution in [0.4, 0.5) is 0 Å². The normalized spacial score (nSPS) is 8.83. The number of rotatable bonds is 5. The first-order valence-corrected chi connectivity index (χ1v) is 33.1. The molecule has 90 heavy (non-hydrogen) atoms. The van der Waals surface area contributed by atoms with Crippen LogP contribution in [-0.4, -0.2) is 47.8 Å². The predicted molar refractivity (Wildman–Crippen MR) is 386 cm³/mol. The molecule has 0 aliphatic heterocycles. The molecule has 0 radical (unpaired) electrons. The number of imidazole rings is 5. The average Bonchev–Trinajstić information content (AvgIpc) is 4.55. The maximum absolute atomic E-state index is 4.29. The Hall–Kier alpha value is -8.20. The molecular weight excluding hydrogens is 1110 g/mol. The van der Waals surface area contributed by atoms with E-state index in [0.717, 1.165) is 22.8 Å². The third-order valence-corrected chi connectivity index (χ3v) is 12.2. The number of benzene rings is 1. The quantitative estimate of drug-likeness (QED) is 0.160. The average molecular weight is 1240 g/mol. The molecule has 0 bridgehead atoms. The van der Waals surface area contributed by atoms with E-state index in [1.165, 1.54) is 62.2 Å². The van der Waals surface area contributed by atoms with E-state index in [2.05, 4.69) is 175 Å². The summed E-state index contributed by atoms with van der Waals surface area (Å²) in [4.78, 5) is 20.8. The van der Waals surface area contributed by atoms with Gasteiger partial charge >= 0.3 is 0 Å². The van der Waals surface area contributed by atoms with Crippen LogP contribution in [0.1, 0.15) is 167 Å². The minimum absolute atomic E-state index is 0.998. The molecule has 0 saturated heterocycles. The van der Waals surface area contributed by atoms with Gasteiger partial charge < -0.3 is 0 Å². The fourth-order valence-corrected chi connectivity index (χ4v) is 8.43. The van der Waals surface area contributed by atoms with Gasteiger partial charge in [0.15, 0.2) is 0 Å². The van der Waals surface area contributed by atoms with E-state index in [-0.39, 0.29) is 0 Å². The van der Waals surface area contributed by atoms with Crippen molar-refractivity contribution in [1.82, 2.24) is 47.8 Å². The summed E-state index contributed by atoms with van der Waals surface area (Å²) in [5, 5.41) is 0. The van der Waals surface area contributed by atoms with Crippen molar-refractivity contribution >= 4 is 0 Å². The summed E-state index contributed by atoms with van der Waals surface area (Å²) >= 11 is 0. The molecule has 9 heterocycles. The molecule has 0 spiro atoms. The first-order chi connectivity index (χ1) is 43.5. The Kier molecular flexibility index (Phi) is 55.2. The van der Waals surface area contributed by atoms with Crippen molar-refractivity contribution < 1.29 is 22.8 Å². The second-order valence-corrected chi connectivity index (χ2v) is 17.6. The first kappa shape index (κ1) is 90.5. The fraction of sp³-hybridized carbons (Fsp3) is 0.467. The second-order valence-electron chi connectivity index (χ2n) is 17.6. The van der Waals surface area contributed by atoms with E-state index in [0.29, 0.717) is 0 Å². The maximum Gasteiger partial charge on any atom is 0.291 e. The fourth-order valence-electron chi connectivity index (χ4n) is 8.43. The number of hydrogen-bond donors (Lipinski definition) is 0. The highest BCUT2D eigenvalue weighted by molar-refractivity contribution is 5.59. The lowest BCUT2D eigenvalue weighted by Gasteiger charge is -2.02. The van der Waals surface area contributed by atoms with Crippen LogP contribution in [0.5, 0.6) is 0 Å². The Morgan fingerprint density at radius 2 is 0.578 bits per heavy atom. The molecule has 0 aliphatic rings. The van der Waals surface area contributed by atoms with Crippen molar-refractivity contribution in [3.63, 3.8) is 0 Å². The molecule has 0 unspecified atom stereocenters. The Bertz CT molecular complexity index is 2700. The Labute approximate surface area is 550 Å². The predicted octanol–water partition coefficient (Wildman–Crippen LogP) is 16.4. The van der Waals surface area contributed by atoms with Gasteiger partial charge in [-0.25, -0.2) is 55.6 Å². The lowest BCUT2D eigenvalue weighted by molar-refractivity contribution is -0.659. The van der Waals surface area contributed by atoms with Crippen LogP contribution in [0, 0.1) is 34.6 Å². The molecule has 0 fully saturated rings. The zero-order chi connectivity index (χ0) is 70.6. The molecule has 0 N–H and O–H groups in total. The molecule has 10 aromatic rings. The molecular formula is C75H130N15+5. The van der Waals surface area contributed by atoms with E-state index in [4.69, 9.17) is 0 Å². The molecule has 15 heteroatoms. The third kappa shape index (κ3) is 28.5.